The zero-order valence-electron chi connectivity index (χ0n) is 16.7. The summed E-state index contributed by atoms with van der Waals surface area (Å²) < 4.78 is 16.6. The van der Waals surface area contributed by atoms with Crippen LogP contribution in [0.2, 0.25) is 0 Å². The van der Waals surface area contributed by atoms with Gasteiger partial charge >= 0.3 is 5.97 Å². The lowest BCUT2D eigenvalue weighted by atomic mass is 9.94. The second-order valence-electron chi connectivity index (χ2n) is 6.89. The molecule has 0 amide bonds. The van der Waals surface area contributed by atoms with Crippen molar-refractivity contribution in [2.75, 3.05) is 27.9 Å². The van der Waals surface area contributed by atoms with Crippen molar-refractivity contribution < 1.29 is 24.1 Å². The van der Waals surface area contributed by atoms with E-state index in [0.717, 1.165) is 29.8 Å². The van der Waals surface area contributed by atoms with Crippen LogP contribution in [0.3, 0.4) is 0 Å². The normalized spacial score (nSPS) is 18.5. The summed E-state index contributed by atoms with van der Waals surface area (Å²) in [7, 11) is 4.80. The van der Waals surface area contributed by atoms with Gasteiger partial charge in [0.1, 0.15) is 11.8 Å². The number of carbonyl (C=O) groups is 1. The Morgan fingerprint density at radius 2 is 1.79 bits per heavy atom. The van der Waals surface area contributed by atoms with Crippen molar-refractivity contribution in [1.29, 1.82) is 0 Å². The predicted molar refractivity (Wildman–Crippen MR) is 109 cm³/mol. The van der Waals surface area contributed by atoms with Gasteiger partial charge < -0.3 is 19.3 Å². The van der Waals surface area contributed by atoms with E-state index in [2.05, 4.69) is 24.0 Å². The van der Waals surface area contributed by atoms with Crippen LogP contribution in [0.1, 0.15) is 40.6 Å². The molecule has 1 aliphatic rings. The van der Waals surface area contributed by atoms with Gasteiger partial charge in [0.15, 0.2) is 11.5 Å². The van der Waals surface area contributed by atoms with E-state index >= 15 is 0 Å². The molecule has 2 heterocycles. The average molecular weight is 406 g/mol. The molecule has 1 aromatic carbocycles. The molecule has 1 aromatic heterocycles. The molecule has 0 spiro atoms. The van der Waals surface area contributed by atoms with Gasteiger partial charge in [0.2, 0.25) is 0 Å². The second kappa shape index (κ2) is 8.84. The number of aryl methyl sites for hydroxylation is 1. The third kappa shape index (κ3) is 3.95. The topological polar surface area (TPSA) is 68.2 Å². The van der Waals surface area contributed by atoms with E-state index < -0.39 is 12.0 Å². The SMILES string of the molecule is COc1cc(OC)c(C(c2ccc(C)s2)N2CCCCC2C(=O)O)cc1OC. The Morgan fingerprint density at radius 3 is 2.36 bits per heavy atom. The fourth-order valence-electron chi connectivity index (χ4n) is 3.89. The van der Waals surface area contributed by atoms with E-state index in [1.807, 2.05) is 6.07 Å². The fraction of sp³-hybridized carbons (Fsp3) is 0.476. The minimum absolute atomic E-state index is 0.227. The minimum Gasteiger partial charge on any atom is -0.496 e. The highest BCUT2D eigenvalue weighted by atomic mass is 32.1. The molecule has 28 heavy (non-hydrogen) atoms. The Morgan fingerprint density at radius 1 is 1.11 bits per heavy atom. The van der Waals surface area contributed by atoms with Gasteiger partial charge in [-0.2, -0.15) is 0 Å². The second-order valence-corrected chi connectivity index (χ2v) is 8.21. The number of ether oxygens (including phenoxy) is 3. The number of benzene rings is 1. The van der Waals surface area contributed by atoms with Gasteiger partial charge in [-0.05, 0) is 44.5 Å². The van der Waals surface area contributed by atoms with E-state index in [4.69, 9.17) is 14.2 Å². The molecule has 1 saturated heterocycles. The molecule has 2 aromatic rings. The summed E-state index contributed by atoms with van der Waals surface area (Å²) in [5, 5.41) is 9.85. The Balaban J connectivity index is 2.18. The van der Waals surface area contributed by atoms with Crippen molar-refractivity contribution in [2.45, 2.75) is 38.3 Å². The fourth-order valence-corrected chi connectivity index (χ4v) is 4.91. The lowest BCUT2D eigenvalue weighted by Gasteiger charge is -2.39. The number of nitrogens with zero attached hydrogens (tertiary/aromatic N) is 1. The molecule has 1 fully saturated rings. The highest BCUT2D eigenvalue weighted by Crippen LogP contribution is 2.44. The first-order valence-corrected chi connectivity index (χ1v) is 10.2. The number of aliphatic carboxylic acids is 1. The quantitative estimate of drug-likeness (QED) is 0.748. The van der Waals surface area contributed by atoms with Gasteiger partial charge in [0, 0.05) is 21.4 Å². The molecule has 7 heteroatoms. The Hall–Kier alpha value is -2.25. The van der Waals surface area contributed by atoms with Gasteiger partial charge in [0.05, 0.1) is 27.4 Å². The number of carboxylic acids is 1. The van der Waals surface area contributed by atoms with Crippen LogP contribution in [0, 0.1) is 6.92 Å². The number of thiophene rings is 1. The maximum atomic E-state index is 12.0. The first-order valence-electron chi connectivity index (χ1n) is 9.35. The Kier molecular flexibility index (Phi) is 6.46. The molecule has 0 radical (unpaired) electrons. The summed E-state index contributed by atoms with van der Waals surface area (Å²) in [6.45, 7) is 2.78. The van der Waals surface area contributed by atoms with Crippen LogP contribution in [0.15, 0.2) is 24.3 Å². The van der Waals surface area contributed by atoms with E-state index in [-0.39, 0.29) is 6.04 Å². The molecule has 152 valence electrons. The van der Waals surface area contributed by atoms with Crippen molar-refractivity contribution in [3.8, 4) is 17.2 Å². The van der Waals surface area contributed by atoms with E-state index in [0.29, 0.717) is 23.7 Å². The van der Waals surface area contributed by atoms with Crippen LogP contribution < -0.4 is 14.2 Å². The van der Waals surface area contributed by atoms with Gasteiger partial charge in [-0.1, -0.05) is 6.42 Å². The van der Waals surface area contributed by atoms with Crippen molar-refractivity contribution in [3.05, 3.63) is 39.6 Å². The van der Waals surface area contributed by atoms with Crippen LogP contribution in [0.4, 0.5) is 0 Å². The molecule has 3 rings (SSSR count). The summed E-state index contributed by atoms with van der Waals surface area (Å²) in [6.07, 6.45) is 2.54. The van der Waals surface area contributed by atoms with Crippen LogP contribution in [0.5, 0.6) is 17.2 Å². The number of rotatable bonds is 7. The zero-order chi connectivity index (χ0) is 20.3. The van der Waals surface area contributed by atoms with Crippen LogP contribution >= 0.6 is 11.3 Å². The highest BCUT2D eigenvalue weighted by molar-refractivity contribution is 7.12. The lowest BCUT2D eigenvalue weighted by Crippen LogP contribution is -2.46. The van der Waals surface area contributed by atoms with E-state index in [1.54, 1.807) is 38.7 Å². The smallest absolute Gasteiger partial charge is 0.320 e. The van der Waals surface area contributed by atoms with Crippen molar-refractivity contribution in [2.24, 2.45) is 0 Å². The third-order valence-electron chi connectivity index (χ3n) is 5.22. The maximum Gasteiger partial charge on any atom is 0.320 e. The van der Waals surface area contributed by atoms with Crippen molar-refractivity contribution >= 4 is 17.3 Å². The Labute approximate surface area is 169 Å². The number of carboxylic acid groups (broad SMARTS) is 1. The van der Waals surface area contributed by atoms with Gasteiger partial charge in [-0.25, -0.2) is 0 Å². The summed E-state index contributed by atoms with van der Waals surface area (Å²) >= 11 is 1.68. The molecule has 0 saturated carbocycles. The standard InChI is InChI=1S/C21H27NO5S/c1-13-8-9-19(28-13)20(22-10-6-5-7-15(22)21(23)24)14-11-17(26-3)18(27-4)12-16(14)25-2/h8-9,11-12,15,20H,5-7,10H2,1-4H3,(H,23,24). The monoisotopic (exact) mass is 405 g/mol. The number of hydrogen-bond donors (Lipinski definition) is 1. The Bertz CT molecular complexity index is 834. The molecular weight excluding hydrogens is 378 g/mol. The molecule has 2 atom stereocenters. The highest BCUT2D eigenvalue weighted by Gasteiger charge is 2.37. The van der Waals surface area contributed by atoms with Crippen LogP contribution in [-0.2, 0) is 4.79 Å². The van der Waals surface area contributed by atoms with Gasteiger partial charge in [-0.3, -0.25) is 9.69 Å². The summed E-state index contributed by atoms with van der Waals surface area (Å²) in [5.41, 5.74) is 0.884. The minimum atomic E-state index is -0.780. The number of likely N-dealkylation sites (tertiary alicyclic amines) is 1. The molecule has 1 N–H and O–H groups in total. The predicted octanol–water partition coefficient (Wildman–Crippen LogP) is 4.11. The van der Waals surface area contributed by atoms with Crippen LogP contribution in [0.25, 0.3) is 0 Å². The molecular formula is C21H27NO5S. The summed E-state index contributed by atoms with van der Waals surface area (Å²) in [6, 6.07) is 7.11. The summed E-state index contributed by atoms with van der Waals surface area (Å²) in [4.78, 5) is 16.4. The number of methoxy groups -OCH3 is 3. The van der Waals surface area contributed by atoms with E-state index in [1.165, 1.54) is 4.88 Å². The molecule has 1 aliphatic heterocycles. The number of hydrogen-bond acceptors (Lipinski definition) is 6. The first kappa shape index (κ1) is 20.5. The number of piperidine rings is 1. The van der Waals surface area contributed by atoms with Crippen LogP contribution in [-0.4, -0.2) is 49.9 Å². The summed E-state index contributed by atoms with van der Waals surface area (Å²) in [5.74, 6) is 1.05. The largest absolute Gasteiger partial charge is 0.496 e. The molecule has 6 nitrogen and oxygen atoms in total. The molecule has 2 unspecified atom stereocenters. The molecule has 0 aliphatic carbocycles. The average Bonchev–Trinajstić information content (AvgIpc) is 3.13. The lowest BCUT2D eigenvalue weighted by molar-refractivity contribution is -0.145. The maximum absolute atomic E-state index is 12.0. The van der Waals surface area contributed by atoms with Gasteiger partial charge in [-0.15, -0.1) is 11.3 Å². The van der Waals surface area contributed by atoms with Crippen molar-refractivity contribution in [3.63, 3.8) is 0 Å². The van der Waals surface area contributed by atoms with E-state index in [9.17, 15) is 9.90 Å². The third-order valence-corrected chi connectivity index (χ3v) is 6.28. The van der Waals surface area contributed by atoms with Gasteiger partial charge in [0.25, 0.3) is 0 Å². The van der Waals surface area contributed by atoms with Crippen molar-refractivity contribution in [1.82, 2.24) is 4.90 Å². The molecule has 0 bridgehead atoms. The zero-order valence-corrected chi connectivity index (χ0v) is 17.5. The first-order chi connectivity index (χ1) is 13.5.